The van der Waals surface area contributed by atoms with Gasteiger partial charge < -0.3 is 4.42 Å². The lowest BCUT2D eigenvalue weighted by Gasteiger charge is -2.43. The number of furan rings is 1. The molecule has 1 aromatic carbocycles. The van der Waals surface area contributed by atoms with Crippen LogP contribution in [0.1, 0.15) is 173 Å². The van der Waals surface area contributed by atoms with E-state index in [0.29, 0.717) is 40.2 Å². The number of rotatable bonds is 9. The van der Waals surface area contributed by atoms with Gasteiger partial charge in [0, 0.05) is 25.5 Å². The summed E-state index contributed by atoms with van der Waals surface area (Å²) in [6, 6.07) is 10.8. The molecule has 0 saturated heterocycles. The van der Waals surface area contributed by atoms with Crippen LogP contribution in [-0.2, 0) is 16.2 Å². The third-order valence-electron chi connectivity index (χ3n) is 12.2. The minimum absolute atomic E-state index is 0.0534. The van der Waals surface area contributed by atoms with Crippen molar-refractivity contribution in [1.29, 1.82) is 0 Å². The van der Waals surface area contributed by atoms with E-state index >= 15 is 0 Å². The first-order chi connectivity index (χ1) is 24.1. The molecule has 2 amide bonds. The highest BCUT2D eigenvalue weighted by Gasteiger charge is 2.53. The summed E-state index contributed by atoms with van der Waals surface area (Å²) in [6.07, 6.45) is 12.6. The number of benzene rings is 1. The topological polar surface area (TPSA) is 50.5 Å². The van der Waals surface area contributed by atoms with Crippen LogP contribution in [-0.4, -0.2) is 11.8 Å². The maximum absolute atomic E-state index is 14.5. The highest BCUT2D eigenvalue weighted by Crippen LogP contribution is 2.65. The molecule has 0 radical (unpaired) electrons. The summed E-state index contributed by atoms with van der Waals surface area (Å²) >= 11 is 3.78. The third kappa shape index (κ3) is 5.91. The number of carbonyl (C=O) groups excluding carboxylic acids is 2. The molecule has 0 bridgehead atoms. The molecule has 3 aliphatic rings. The third-order valence-corrected chi connectivity index (χ3v) is 15.1. The molecule has 6 heteroatoms. The van der Waals surface area contributed by atoms with E-state index in [0.717, 1.165) is 16.0 Å². The second-order valence-electron chi connectivity index (χ2n) is 17.9. The zero-order valence-corrected chi connectivity index (χ0v) is 34.2. The zero-order chi connectivity index (χ0) is 36.6. The van der Waals surface area contributed by atoms with E-state index in [4.69, 9.17) is 4.42 Å². The highest BCUT2D eigenvalue weighted by molar-refractivity contribution is 7.24. The van der Waals surface area contributed by atoms with E-state index in [9.17, 15) is 9.59 Å². The number of anilines is 1. The number of nitrogens with zero attached hydrogens (tertiary/aromatic N) is 1. The van der Waals surface area contributed by atoms with Gasteiger partial charge in [-0.2, -0.15) is 0 Å². The second-order valence-corrected chi connectivity index (χ2v) is 20.0. The average Bonchev–Trinajstić information content (AvgIpc) is 3.88. The Labute approximate surface area is 314 Å². The summed E-state index contributed by atoms with van der Waals surface area (Å²) in [7, 11) is 0. The molecule has 1 fully saturated rings. The molecule has 2 atom stereocenters. The van der Waals surface area contributed by atoms with Crippen molar-refractivity contribution in [2.75, 3.05) is 4.90 Å². The predicted octanol–water partition coefficient (Wildman–Crippen LogP) is 13.5. The number of thiophene rings is 2. The van der Waals surface area contributed by atoms with Crippen molar-refractivity contribution in [3.63, 3.8) is 0 Å². The second kappa shape index (κ2) is 13.2. The van der Waals surface area contributed by atoms with Gasteiger partial charge in [-0.1, -0.05) is 106 Å². The number of hydrogen-bond donors (Lipinski definition) is 0. The van der Waals surface area contributed by atoms with Crippen molar-refractivity contribution < 1.29 is 14.0 Å². The van der Waals surface area contributed by atoms with Gasteiger partial charge in [-0.3, -0.25) is 9.59 Å². The van der Waals surface area contributed by atoms with Crippen LogP contribution in [0.3, 0.4) is 0 Å². The summed E-state index contributed by atoms with van der Waals surface area (Å²) < 4.78 is 6.80. The van der Waals surface area contributed by atoms with Crippen molar-refractivity contribution in [2.45, 2.75) is 150 Å². The molecular formula is C45H57NO3S2. The Bertz CT molecular complexity index is 1990. The molecule has 4 nitrogen and oxygen atoms in total. The fraction of sp³-hybridized carbons (Fsp3) is 0.556. The first kappa shape index (κ1) is 36.4. The summed E-state index contributed by atoms with van der Waals surface area (Å²) in [5, 5.41) is 0. The largest absolute Gasteiger partial charge is 0.458 e. The van der Waals surface area contributed by atoms with E-state index in [-0.39, 0.29) is 22.6 Å². The van der Waals surface area contributed by atoms with Gasteiger partial charge in [-0.05, 0) is 96.9 Å². The molecule has 1 unspecified atom stereocenters. The van der Waals surface area contributed by atoms with Gasteiger partial charge in [0.05, 0.1) is 16.1 Å². The van der Waals surface area contributed by atoms with Crippen molar-refractivity contribution in [2.24, 2.45) is 11.8 Å². The fourth-order valence-electron chi connectivity index (χ4n) is 9.19. The lowest BCUT2D eigenvalue weighted by Crippen LogP contribution is -2.38. The molecule has 0 N–H and O–H groups in total. The Morgan fingerprint density at radius 2 is 1.51 bits per heavy atom. The number of fused-ring (bicyclic) bond motifs is 4. The maximum Gasteiger partial charge on any atom is 0.270 e. The first-order valence-electron chi connectivity index (χ1n) is 19.5. The molecule has 7 rings (SSSR count). The van der Waals surface area contributed by atoms with Gasteiger partial charge in [0.2, 0.25) is 0 Å². The van der Waals surface area contributed by atoms with E-state index in [1.165, 1.54) is 89.3 Å². The van der Waals surface area contributed by atoms with Gasteiger partial charge in [-0.15, -0.1) is 22.7 Å². The Morgan fingerprint density at radius 3 is 2.14 bits per heavy atom. The molecule has 4 heterocycles. The van der Waals surface area contributed by atoms with E-state index in [1.807, 2.05) is 36.5 Å². The van der Waals surface area contributed by atoms with Gasteiger partial charge in [0.25, 0.3) is 11.8 Å². The van der Waals surface area contributed by atoms with E-state index in [2.05, 4.69) is 74.4 Å². The Morgan fingerprint density at radius 1 is 0.843 bits per heavy atom. The fourth-order valence-corrected chi connectivity index (χ4v) is 11.9. The normalized spacial score (nSPS) is 19.9. The Balaban J connectivity index is 1.44. The molecule has 0 spiro atoms. The van der Waals surface area contributed by atoms with Gasteiger partial charge in [-0.25, -0.2) is 4.90 Å². The smallest absolute Gasteiger partial charge is 0.270 e. The van der Waals surface area contributed by atoms with Crippen LogP contribution >= 0.6 is 22.7 Å². The monoisotopic (exact) mass is 723 g/mol. The molecule has 1 saturated carbocycles. The summed E-state index contributed by atoms with van der Waals surface area (Å²) in [5.74, 6) is 1.85. The zero-order valence-electron chi connectivity index (χ0n) is 32.6. The summed E-state index contributed by atoms with van der Waals surface area (Å²) in [6.45, 7) is 22.0. The predicted molar refractivity (Wildman–Crippen MR) is 215 cm³/mol. The van der Waals surface area contributed by atoms with Gasteiger partial charge in [0.1, 0.15) is 11.3 Å². The minimum Gasteiger partial charge on any atom is -0.458 e. The lowest BCUT2D eigenvalue weighted by atomic mass is 9.60. The number of amides is 2. The SMILES string of the molecule is CCCCC(CC)C[C@@]1(C2CCCCC2)c2cc(-c3oc(C(C)(C)C)c4c3C(=O)N(c3ccc(C)c(C)c3)C4=O)sc2-c2sc(C(C)(C)C)cc21. The van der Waals surface area contributed by atoms with E-state index in [1.54, 1.807) is 16.9 Å². The Hall–Kier alpha value is -2.96. The van der Waals surface area contributed by atoms with Crippen LogP contribution in [0.2, 0.25) is 0 Å². The standard InChI is InChI=1S/C45H57NO3S2/c1-11-13-17-28(12-2)25-45(29-18-15-14-16-19-29)31-23-33(50-38(31)39-32(45)24-34(51-39)43(5,6)7)37-35-36(40(49-37)44(8,9)10)42(48)46(41(35)47)30-21-20-26(3)27(4)22-30/h20-24,28-29H,11-19,25H2,1-10H3/t28?,45-/m1/s1. The molecule has 51 heavy (non-hydrogen) atoms. The summed E-state index contributed by atoms with van der Waals surface area (Å²) in [5.41, 5.74) is 6.25. The number of carbonyl (C=O) groups is 2. The van der Waals surface area contributed by atoms with Crippen molar-refractivity contribution in [3.05, 3.63) is 74.3 Å². The quantitative estimate of drug-likeness (QED) is 0.162. The van der Waals surface area contributed by atoms with Crippen molar-refractivity contribution in [1.82, 2.24) is 0 Å². The van der Waals surface area contributed by atoms with Crippen LogP contribution in [0.4, 0.5) is 5.69 Å². The Kier molecular flexibility index (Phi) is 9.39. The molecule has 272 valence electrons. The molecule has 3 aromatic heterocycles. The van der Waals surface area contributed by atoms with Crippen LogP contribution in [0.25, 0.3) is 20.4 Å². The number of unbranched alkanes of at least 4 members (excludes halogenated alkanes) is 1. The molecule has 1 aliphatic heterocycles. The molecular weight excluding hydrogens is 667 g/mol. The van der Waals surface area contributed by atoms with Crippen molar-refractivity contribution >= 4 is 40.2 Å². The van der Waals surface area contributed by atoms with Crippen LogP contribution in [0.5, 0.6) is 0 Å². The number of hydrogen-bond acceptors (Lipinski definition) is 5. The average molecular weight is 724 g/mol. The maximum atomic E-state index is 14.5. The number of aryl methyl sites for hydroxylation is 2. The van der Waals surface area contributed by atoms with Crippen LogP contribution in [0.15, 0.2) is 34.7 Å². The summed E-state index contributed by atoms with van der Waals surface area (Å²) in [4.78, 5) is 35.5. The first-order valence-corrected chi connectivity index (χ1v) is 21.2. The highest BCUT2D eigenvalue weighted by atomic mass is 32.1. The van der Waals surface area contributed by atoms with Gasteiger partial charge >= 0.3 is 0 Å². The van der Waals surface area contributed by atoms with E-state index < -0.39 is 5.41 Å². The minimum atomic E-state index is -0.459. The molecule has 4 aromatic rings. The van der Waals surface area contributed by atoms with Crippen LogP contribution < -0.4 is 4.90 Å². The van der Waals surface area contributed by atoms with Crippen LogP contribution in [0, 0.1) is 25.7 Å². The lowest BCUT2D eigenvalue weighted by molar-refractivity contribution is 0.0922. The van der Waals surface area contributed by atoms with Crippen molar-refractivity contribution in [3.8, 4) is 20.4 Å². The number of imide groups is 1. The van der Waals surface area contributed by atoms with Gasteiger partial charge in [0.15, 0.2) is 5.76 Å². The molecule has 2 aliphatic carbocycles.